The van der Waals surface area contributed by atoms with Gasteiger partial charge in [-0.1, -0.05) is 20.8 Å². The van der Waals surface area contributed by atoms with Crippen LogP contribution in [-0.2, 0) is 4.74 Å². The average molecular weight is 412 g/mol. The Hall–Kier alpha value is -1.52. The SMILES string of the molecule is CC(C)(C)[C@H]1CCCN1c1nc(Cl)nn2c([C@@H]3O[C@H](CO)[C@@H](O)[C@H]3O)cnc12. The van der Waals surface area contributed by atoms with Crippen LogP contribution in [0.5, 0.6) is 0 Å². The number of anilines is 1. The lowest BCUT2D eigenvalue weighted by Gasteiger charge is -2.35. The van der Waals surface area contributed by atoms with Crippen molar-refractivity contribution in [3.8, 4) is 0 Å². The van der Waals surface area contributed by atoms with Gasteiger partial charge < -0.3 is 25.0 Å². The first kappa shape index (κ1) is 19.8. The number of aromatic nitrogens is 4. The summed E-state index contributed by atoms with van der Waals surface area (Å²) in [6, 6.07) is 0.288. The first-order chi connectivity index (χ1) is 13.2. The summed E-state index contributed by atoms with van der Waals surface area (Å²) in [5.41, 5.74) is 1.03. The lowest BCUT2D eigenvalue weighted by atomic mass is 9.85. The minimum atomic E-state index is -1.21. The standard InChI is InChI=1S/C18H26ClN5O4/c1-18(2,3)11-5-4-6-23(11)16-15-20-7-9(24(15)22-17(19)21-16)14-13(27)12(26)10(8-25)28-14/h7,10-14,25-27H,4-6,8H2,1-3H3/t10-,11-,12-,13-,14+/m1/s1. The van der Waals surface area contributed by atoms with Crippen LogP contribution in [-0.4, -0.2) is 72.4 Å². The Kier molecular flexibility index (Phi) is 4.99. The van der Waals surface area contributed by atoms with Crippen molar-refractivity contribution in [2.45, 2.75) is 64.1 Å². The minimum Gasteiger partial charge on any atom is -0.394 e. The molecule has 0 bridgehead atoms. The molecule has 2 saturated heterocycles. The van der Waals surface area contributed by atoms with Gasteiger partial charge in [-0.25, -0.2) is 9.50 Å². The van der Waals surface area contributed by atoms with Gasteiger partial charge in [0.2, 0.25) is 5.28 Å². The predicted octanol–water partition coefficient (Wildman–Crippen LogP) is 0.947. The van der Waals surface area contributed by atoms with Gasteiger partial charge in [-0.3, -0.25) is 0 Å². The summed E-state index contributed by atoms with van der Waals surface area (Å²) in [6.45, 7) is 7.05. The molecule has 2 fully saturated rings. The lowest BCUT2D eigenvalue weighted by molar-refractivity contribution is -0.0244. The Morgan fingerprint density at radius 3 is 2.68 bits per heavy atom. The van der Waals surface area contributed by atoms with E-state index in [-0.39, 0.29) is 16.7 Å². The molecule has 0 amide bonds. The zero-order valence-electron chi connectivity index (χ0n) is 16.2. The number of aliphatic hydroxyl groups excluding tert-OH is 3. The van der Waals surface area contributed by atoms with Crippen LogP contribution in [0, 0.1) is 5.41 Å². The van der Waals surface area contributed by atoms with E-state index in [1.807, 2.05) is 0 Å². The lowest BCUT2D eigenvalue weighted by Crippen LogP contribution is -2.40. The van der Waals surface area contributed by atoms with Crippen molar-refractivity contribution < 1.29 is 20.1 Å². The molecule has 0 aliphatic carbocycles. The topological polar surface area (TPSA) is 116 Å². The van der Waals surface area contributed by atoms with Crippen molar-refractivity contribution in [1.29, 1.82) is 0 Å². The van der Waals surface area contributed by atoms with Gasteiger partial charge in [0, 0.05) is 12.6 Å². The maximum Gasteiger partial charge on any atom is 0.243 e. The van der Waals surface area contributed by atoms with Gasteiger partial charge in [0.05, 0.1) is 18.5 Å². The third-order valence-electron chi connectivity index (χ3n) is 5.70. The Morgan fingerprint density at radius 1 is 1.29 bits per heavy atom. The van der Waals surface area contributed by atoms with Crippen molar-refractivity contribution in [2.24, 2.45) is 5.41 Å². The molecule has 9 nitrogen and oxygen atoms in total. The molecule has 5 atom stereocenters. The third-order valence-corrected chi connectivity index (χ3v) is 5.86. The number of ether oxygens (including phenoxy) is 1. The second-order valence-electron chi connectivity index (χ2n) is 8.60. The highest BCUT2D eigenvalue weighted by Gasteiger charge is 2.45. The summed E-state index contributed by atoms with van der Waals surface area (Å²) < 4.78 is 7.16. The summed E-state index contributed by atoms with van der Waals surface area (Å²) in [7, 11) is 0. The fourth-order valence-electron chi connectivity index (χ4n) is 4.31. The van der Waals surface area contributed by atoms with E-state index in [0.29, 0.717) is 17.2 Å². The highest BCUT2D eigenvalue weighted by Crippen LogP contribution is 2.38. The van der Waals surface area contributed by atoms with Gasteiger partial charge in [0.15, 0.2) is 11.5 Å². The number of nitrogens with zero attached hydrogens (tertiary/aromatic N) is 5. The molecule has 0 spiro atoms. The number of halogens is 1. The molecule has 2 aliphatic heterocycles. The van der Waals surface area contributed by atoms with Crippen molar-refractivity contribution in [2.75, 3.05) is 18.1 Å². The van der Waals surface area contributed by atoms with E-state index in [1.165, 1.54) is 4.52 Å². The van der Waals surface area contributed by atoms with Crippen LogP contribution in [0.2, 0.25) is 5.28 Å². The van der Waals surface area contributed by atoms with E-state index in [1.54, 1.807) is 6.20 Å². The van der Waals surface area contributed by atoms with Crippen molar-refractivity contribution in [1.82, 2.24) is 19.6 Å². The maximum absolute atomic E-state index is 10.4. The van der Waals surface area contributed by atoms with Crippen LogP contribution in [0.3, 0.4) is 0 Å². The van der Waals surface area contributed by atoms with Gasteiger partial charge in [0.1, 0.15) is 24.4 Å². The largest absolute Gasteiger partial charge is 0.394 e. The number of hydrogen-bond acceptors (Lipinski definition) is 8. The minimum absolute atomic E-state index is 0.0591. The normalized spacial score (nSPS) is 31.2. The number of fused-ring (bicyclic) bond motifs is 1. The molecular formula is C18H26ClN5O4. The monoisotopic (exact) mass is 411 g/mol. The molecule has 0 radical (unpaired) electrons. The van der Waals surface area contributed by atoms with Crippen molar-refractivity contribution in [3.05, 3.63) is 17.2 Å². The summed E-state index contributed by atoms with van der Waals surface area (Å²) in [5, 5.41) is 34.1. The van der Waals surface area contributed by atoms with Gasteiger partial charge in [-0.2, -0.15) is 4.98 Å². The molecule has 10 heteroatoms. The van der Waals surface area contributed by atoms with Crippen molar-refractivity contribution in [3.63, 3.8) is 0 Å². The Balaban J connectivity index is 1.78. The number of aliphatic hydroxyl groups is 3. The fraction of sp³-hybridized carbons (Fsp3) is 0.722. The zero-order valence-corrected chi connectivity index (χ0v) is 16.9. The summed E-state index contributed by atoms with van der Waals surface area (Å²) in [5.74, 6) is 0.649. The quantitative estimate of drug-likeness (QED) is 0.683. The van der Waals surface area contributed by atoms with Gasteiger partial charge in [-0.15, -0.1) is 5.10 Å². The van der Waals surface area contributed by atoms with Crippen LogP contribution in [0.25, 0.3) is 5.65 Å². The Morgan fingerprint density at radius 2 is 2.04 bits per heavy atom. The van der Waals surface area contributed by atoms with Gasteiger partial charge in [-0.05, 0) is 29.9 Å². The molecule has 2 aromatic rings. The fourth-order valence-corrected chi connectivity index (χ4v) is 4.47. The number of rotatable bonds is 3. The summed E-state index contributed by atoms with van der Waals surface area (Å²) >= 11 is 6.23. The van der Waals surface area contributed by atoms with Gasteiger partial charge in [0.25, 0.3) is 0 Å². The highest BCUT2D eigenvalue weighted by molar-refractivity contribution is 6.28. The highest BCUT2D eigenvalue weighted by atomic mass is 35.5. The van der Waals surface area contributed by atoms with Crippen LogP contribution in [0.4, 0.5) is 5.82 Å². The molecule has 4 heterocycles. The van der Waals surface area contributed by atoms with Crippen molar-refractivity contribution >= 4 is 23.1 Å². The second kappa shape index (κ2) is 7.07. The molecule has 4 rings (SSSR count). The number of imidazole rings is 1. The second-order valence-corrected chi connectivity index (χ2v) is 8.94. The van der Waals surface area contributed by atoms with Crippen LogP contribution in [0.15, 0.2) is 6.20 Å². The molecular weight excluding hydrogens is 386 g/mol. The third kappa shape index (κ3) is 3.15. The molecule has 154 valence electrons. The van der Waals surface area contributed by atoms with Gasteiger partial charge >= 0.3 is 0 Å². The van der Waals surface area contributed by atoms with E-state index >= 15 is 0 Å². The maximum atomic E-state index is 10.4. The Bertz CT molecular complexity index is 870. The molecule has 28 heavy (non-hydrogen) atoms. The van der Waals surface area contributed by atoms with E-state index in [2.05, 4.69) is 40.7 Å². The molecule has 0 aromatic carbocycles. The average Bonchev–Trinajstić information content (AvgIpc) is 3.33. The number of hydrogen-bond donors (Lipinski definition) is 3. The Labute approximate surface area is 167 Å². The van der Waals surface area contributed by atoms with E-state index in [4.69, 9.17) is 16.3 Å². The van der Waals surface area contributed by atoms with Crippen LogP contribution < -0.4 is 4.90 Å². The molecule has 0 saturated carbocycles. The molecule has 2 aliphatic rings. The predicted molar refractivity (Wildman–Crippen MR) is 102 cm³/mol. The summed E-state index contributed by atoms with van der Waals surface area (Å²) in [6.07, 6.45) is -0.488. The molecule has 0 unspecified atom stereocenters. The first-order valence-electron chi connectivity index (χ1n) is 9.52. The smallest absolute Gasteiger partial charge is 0.243 e. The van der Waals surface area contributed by atoms with E-state index in [0.717, 1.165) is 19.4 Å². The van der Waals surface area contributed by atoms with Crippen LogP contribution in [0.1, 0.15) is 45.4 Å². The summed E-state index contributed by atoms with van der Waals surface area (Å²) in [4.78, 5) is 11.2. The molecule has 3 N–H and O–H groups in total. The van der Waals surface area contributed by atoms with E-state index in [9.17, 15) is 15.3 Å². The van der Waals surface area contributed by atoms with Crippen LogP contribution >= 0.6 is 11.6 Å². The zero-order chi connectivity index (χ0) is 20.2. The first-order valence-corrected chi connectivity index (χ1v) is 9.90. The van der Waals surface area contributed by atoms with E-state index < -0.39 is 31.0 Å². The molecule has 2 aromatic heterocycles.